The van der Waals surface area contributed by atoms with E-state index in [0.717, 1.165) is 6.42 Å². The quantitative estimate of drug-likeness (QED) is 0.584. The highest BCUT2D eigenvalue weighted by Crippen LogP contribution is 2.26. The third-order valence-corrected chi connectivity index (χ3v) is 7.10. The first kappa shape index (κ1) is 23.9. The number of hydrogen-bond donors (Lipinski definition) is 1. The molecule has 0 radical (unpaired) electrons. The van der Waals surface area contributed by atoms with Gasteiger partial charge in [-0.15, -0.1) is 0 Å². The minimum absolute atomic E-state index is 0.0972. The van der Waals surface area contributed by atoms with Gasteiger partial charge in [-0.3, -0.25) is 4.79 Å². The van der Waals surface area contributed by atoms with Crippen LogP contribution in [-0.2, 0) is 14.8 Å². The predicted molar refractivity (Wildman–Crippen MR) is 121 cm³/mol. The van der Waals surface area contributed by atoms with Crippen LogP contribution in [0.4, 0.5) is 0 Å². The van der Waals surface area contributed by atoms with E-state index >= 15 is 0 Å². The molecule has 0 atom stereocenters. The van der Waals surface area contributed by atoms with Crippen molar-refractivity contribution in [2.24, 2.45) is 0 Å². The van der Waals surface area contributed by atoms with Crippen LogP contribution in [0.5, 0.6) is 17.2 Å². The van der Waals surface area contributed by atoms with Crippen LogP contribution in [0.25, 0.3) is 0 Å². The fraction of sp³-hybridized carbons (Fsp3) is 0.435. The number of methoxy groups -OCH3 is 1. The number of nitrogens with zero attached hydrogens (tertiary/aromatic N) is 1. The molecule has 3 rings (SSSR count). The van der Waals surface area contributed by atoms with E-state index < -0.39 is 10.0 Å². The molecule has 1 heterocycles. The molecule has 1 fully saturated rings. The van der Waals surface area contributed by atoms with Gasteiger partial charge in [0.1, 0.15) is 5.75 Å². The zero-order valence-corrected chi connectivity index (χ0v) is 19.3. The van der Waals surface area contributed by atoms with Crippen molar-refractivity contribution in [2.45, 2.75) is 37.1 Å². The molecule has 1 aliphatic heterocycles. The normalized spacial score (nSPS) is 15.2. The summed E-state index contributed by atoms with van der Waals surface area (Å²) in [5.74, 6) is 1.49. The van der Waals surface area contributed by atoms with Crippen molar-refractivity contribution in [3.8, 4) is 17.2 Å². The molecule has 1 N–H and O–H groups in total. The molecular weight excluding hydrogens is 432 g/mol. The number of ether oxygens (including phenoxy) is 3. The lowest BCUT2D eigenvalue weighted by atomic mass is 10.1. The van der Waals surface area contributed by atoms with Gasteiger partial charge in [0.05, 0.1) is 18.6 Å². The zero-order chi connectivity index (χ0) is 23.0. The molecule has 0 saturated carbocycles. The van der Waals surface area contributed by atoms with Crippen LogP contribution in [0.3, 0.4) is 0 Å². The fourth-order valence-electron chi connectivity index (χ4n) is 3.45. The van der Waals surface area contributed by atoms with Gasteiger partial charge in [-0.1, -0.05) is 19.1 Å². The minimum Gasteiger partial charge on any atom is -0.497 e. The smallest absolute Gasteiger partial charge is 0.258 e. The van der Waals surface area contributed by atoms with Crippen LogP contribution in [0, 0.1) is 0 Å². The summed E-state index contributed by atoms with van der Waals surface area (Å²) in [6, 6.07) is 13.5. The number of hydrogen-bond acceptors (Lipinski definition) is 6. The highest BCUT2D eigenvalue weighted by Gasteiger charge is 2.30. The van der Waals surface area contributed by atoms with E-state index in [0.29, 0.717) is 49.8 Å². The second kappa shape index (κ2) is 11.2. The number of carbonyl (C=O) groups is 1. The third kappa shape index (κ3) is 6.14. The molecule has 0 aromatic heterocycles. The third-order valence-electron chi connectivity index (χ3n) is 5.19. The molecule has 1 saturated heterocycles. The van der Waals surface area contributed by atoms with Gasteiger partial charge in [0.25, 0.3) is 5.91 Å². The second-order valence-corrected chi connectivity index (χ2v) is 9.44. The molecule has 1 amide bonds. The van der Waals surface area contributed by atoms with Crippen molar-refractivity contribution < 1.29 is 27.4 Å². The van der Waals surface area contributed by atoms with E-state index in [9.17, 15) is 13.2 Å². The highest BCUT2D eigenvalue weighted by molar-refractivity contribution is 7.89. The summed E-state index contributed by atoms with van der Waals surface area (Å²) in [5, 5.41) is 2.94. The van der Waals surface area contributed by atoms with Crippen molar-refractivity contribution in [3.05, 3.63) is 48.5 Å². The second-order valence-electron chi connectivity index (χ2n) is 7.51. The molecule has 1 aliphatic rings. The van der Waals surface area contributed by atoms with Crippen LogP contribution in [0.15, 0.2) is 53.4 Å². The lowest BCUT2D eigenvalue weighted by Crippen LogP contribution is -2.47. The van der Waals surface area contributed by atoms with Gasteiger partial charge < -0.3 is 19.5 Å². The maximum Gasteiger partial charge on any atom is 0.258 e. The lowest BCUT2D eigenvalue weighted by molar-refractivity contribution is -0.124. The molecule has 2 aromatic carbocycles. The van der Waals surface area contributed by atoms with E-state index in [4.69, 9.17) is 14.2 Å². The number of carbonyl (C=O) groups excluding carboxylic acids is 1. The monoisotopic (exact) mass is 462 g/mol. The first-order chi connectivity index (χ1) is 15.4. The van der Waals surface area contributed by atoms with Crippen LogP contribution in [0.1, 0.15) is 26.2 Å². The number of rotatable bonds is 10. The fourth-order valence-corrected chi connectivity index (χ4v) is 4.92. The van der Waals surface area contributed by atoms with Crippen LogP contribution >= 0.6 is 0 Å². The maximum absolute atomic E-state index is 12.8. The van der Waals surface area contributed by atoms with E-state index in [1.54, 1.807) is 30.3 Å². The van der Waals surface area contributed by atoms with Gasteiger partial charge in [-0.25, -0.2) is 8.42 Å². The Bertz CT molecular complexity index is 986. The van der Waals surface area contributed by atoms with Crippen LogP contribution < -0.4 is 19.5 Å². The molecule has 0 unspecified atom stereocenters. The summed E-state index contributed by atoms with van der Waals surface area (Å²) in [6.45, 7) is 3.15. The lowest BCUT2D eigenvalue weighted by Gasteiger charge is -2.31. The molecule has 8 nitrogen and oxygen atoms in total. The average Bonchev–Trinajstić information content (AvgIpc) is 2.82. The Kier molecular flexibility index (Phi) is 8.35. The number of sulfonamides is 1. The SMILES string of the molecule is CCCOc1ccccc1OCC(=O)NC1CCN(S(=O)(=O)c2ccc(OC)cc2)CC1. The van der Waals surface area contributed by atoms with E-state index in [1.165, 1.54) is 11.4 Å². The number of para-hydroxylation sites is 2. The van der Waals surface area contributed by atoms with E-state index in [1.807, 2.05) is 25.1 Å². The summed E-state index contributed by atoms with van der Waals surface area (Å²) in [6.07, 6.45) is 1.95. The largest absolute Gasteiger partial charge is 0.497 e. The summed E-state index contributed by atoms with van der Waals surface area (Å²) in [7, 11) is -2.04. The van der Waals surface area contributed by atoms with Crippen LogP contribution in [0.2, 0.25) is 0 Å². The maximum atomic E-state index is 12.8. The van der Waals surface area contributed by atoms with Crippen LogP contribution in [-0.4, -0.2) is 58.1 Å². The van der Waals surface area contributed by atoms with Gasteiger partial charge in [0.2, 0.25) is 10.0 Å². The standard InChI is InChI=1S/C23H30N2O6S/c1-3-16-30-21-6-4-5-7-22(21)31-17-23(26)24-18-12-14-25(15-13-18)32(27,28)20-10-8-19(29-2)9-11-20/h4-11,18H,3,12-17H2,1-2H3,(H,24,26). The van der Waals surface area contributed by atoms with Gasteiger partial charge >= 0.3 is 0 Å². The van der Waals surface area contributed by atoms with Gasteiger partial charge in [-0.05, 0) is 55.7 Å². The molecule has 9 heteroatoms. The Hall–Kier alpha value is -2.78. The summed E-state index contributed by atoms with van der Waals surface area (Å²) < 4.78 is 43.5. The number of piperidine rings is 1. The van der Waals surface area contributed by atoms with Crippen molar-refractivity contribution in [2.75, 3.05) is 33.4 Å². The summed E-state index contributed by atoms with van der Waals surface area (Å²) >= 11 is 0. The Morgan fingerprint density at radius 3 is 2.25 bits per heavy atom. The predicted octanol–water partition coefficient (Wildman–Crippen LogP) is 2.83. The van der Waals surface area contributed by atoms with Crippen molar-refractivity contribution >= 4 is 15.9 Å². The minimum atomic E-state index is -3.57. The molecule has 0 aliphatic carbocycles. The first-order valence-corrected chi connectivity index (χ1v) is 12.2. The van der Waals surface area contributed by atoms with Gasteiger partial charge in [-0.2, -0.15) is 4.31 Å². The Labute approximate surface area is 189 Å². The first-order valence-electron chi connectivity index (χ1n) is 10.7. The zero-order valence-electron chi connectivity index (χ0n) is 18.5. The molecule has 32 heavy (non-hydrogen) atoms. The summed E-state index contributed by atoms with van der Waals surface area (Å²) in [5.41, 5.74) is 0. The van der Waals surface area contributed by atoms with Gasteiger partial charge in [0.15, 0.2) is 18.1 Å². The Morgan fingerprint density at radius 2 is 1.66 bits per heavy atom. The molecule has 2 aromatic rings. The topological polar surface area (TPSA) is 94.2 Å². The molecule has 0 bridgehead atoms. The molecule has 0 spiro atoms. The average molecular weight is 463 g/mol. The molecule has 174 valence electrons. The Morgan fingerprint density at radius 1 is 1.03 bits per heavy atom. The number of benzene rings is 2. The summed E-state index contributed by atoms with van der Waals surface area (Å²) in [4.78, 5) is 12.6. The van der Waals surface area contributed by atoms with E-state index in [-0.39, 0.29) is 23.5 Å². The number of nitrogens with one attached hydrogen (secondary N) is 1. The van der Waals surface area contributed by atoms with Crippen molar-refractivity contribution in [1.29, 1.82) is 0 Å². The van der Waals surface area contributed by atoms with Crippen molar-refractivity contribution in [1.82, 2.24) is 9.62 Å². The molecular formula is C23H30N2O6S. The van der Waals surface area contributed by atoms with Crippen molar-refractivity contribution in [3.63, 3.8) is 0 Å². The van der Waals surface area contributed by atoms with Gasteiger partial charge in [0, 0.05) is 19.1 Å². The number of amides is 1. The van der Waals surface area contributed by atoms with E-state index in [2.05, 4.69) is 5.32 Å². The Balaban J connectivity index is 1.48. The highest BCUT2D eigenvalue weighted by atomic mass is 32.2.